The highest BCUT2D eigenvalue weighted by Gasteiger charge is 2.27. The molecule has 0 saturated carbocycles. The van der Waals surface area contributed by atoms with Gasteiger partial charge in [-0.2, -0.15) is 5.10 Å². The van der Waals surface area contributed by atoms with E-state index in [4.69, 9.17) is 11.6 Å². The van der Waals surface area contributed by atoms with Gasteiger partial charge in [-0.25, -0.2) is 0 Å². The van der Waals surface area contributed by atoms with Crippen LogP contribution in [0.4, 0.5) is 0 Å². The van der Waals surface area contributed by atoms with Crippen LogP contribution in [0.2, 0.25) is 5.02 Å². The molecule has 5 nitrogen and oxygen atoms in total. The Balaban J connectivity index is 1.82. The number of hydrogen-bond acceptors (Lipinski definition) is 4. The summed E-state index contributed by atoms with van der Waals surface area (Å²) in [6.45, 7) is 1.80. The predicted octanol–water partition coefficient (Wildman–Crippen LogP) is 3.65. The first-order valence-electron chi connectivity index (χ1n) is 8.60. The van der Waals surface area contributed by atoms with E-state index >= 15 is 0 Å². The van der Waals surface area contributed by atoms with Crippen LogP contribution in [0.5, 0.6) is 0 Å². The van der Waals surface area contributed by atoms with E-state index in [1.54, 1.807) is 12.4 Å². The molecule has 3 aromatic rings. The number of H-pyrrole nitrogens is 1. The second kappa shape index (κ2) is 7.70. The second-order valence-corrected chi connectivity index (χ2v) is 8.37. The molecule has 26 heavy (non-hydrogen) atoms. The van der Waals surface area contributed by atoms with Crippen molar-refractivity contribution in [1.82, 2.24) is 20.5 Å². The summed E-state index contributed by atoms with van der Waals surface area (Å²) in [5.41, 5.74) is 3.55. The average Bonchev–Trinajstić information content (AvgIpc) is 3.14. The van der Waals surface area contributed by atoms with Crippen molar-refractivity contribution in [3.05, 3.63) is 53.8 Å². The number of rotatable bonds is 4. The fraction of sp³-hybridized carbons (Fsp3) is 0.263. The Morgan fingerprint density at radius 2 is 1.69 bits per heavy atom. The van der Waals surface area contributed by atoms with Gasteiger partial charge in [-0.3, -0.25) is 14.3 Å². The Hall–Kier alpha value is -2.02. The average molecular weight is 387 g/mol. The fourth-order valence-electron chi connectivity index (χ4n) is 3.25. The zero-order chi connectivity index (χ0) is 17.9. The SMILES string of the molecule is O=S(c1[nH]nc(-c2ccc(Cl)cc2)c1-c1ccncc1)C1CCNCC1. The van der Waals surface area contributed by atoms with Gasteiger partial charge in [0.15, 0.2) is 0 Å². The van der Waals surface area contributed by atoms with E-state index in [1.165, 1.54) is 0 Å². The first kappa shape index (κ1) is 17.4. The first-order valence-corrected chi connectivity index (χ1v) is 10.2. The lowest BCUT2D eigenvalue weighted by atomic mass is 10.0. The topological polar surface area (TPSA) is 70.7 Å². The molecular formula is C19H19ClN4OS. The number of nitrogens with one attached hydrogen (secondary N) is 2. The minimum atomic E-state index is -1.14. The smallest absolute Gasteiger partial charge is 0.130 e. The number of benzene rings is 1. The van der Waals surface area contributed by atoms with Crippen LogP contribution in [0, 0.1) is 0 Å². The highest BCUT2D eigenvalue weighted by molar-refractivity contribution is 7.85. The van der Waals surface area contributed by atoms with Crippen molar-refractivity contribution in [2.24, 2.45) is 0 Å². The Labute approximate surface area is 159 Å². The van der Waals surface area contributed by atoms with E-state index in [0.717, 1.165) is 48.3 Å². The monoisotopic (exact) mass is 386 g/mol. The maximum atomic E-state index is 13.3. The van der Waals surface area contributed by atoms with Gasteiger partial charge < -0.3 is 5.32 Å². The molecule has 0 radical (unpaired) electrons. The van der Waals surface area contributed by atoms with E-state index in [1.807, 2.05) is 36.4 Å². The van der Waals surface area contributed by atoms with Gasteiger partial charge in [-0.05, 0) is 55.8 Å². The largest absolute Gasteiger partial charge is 0.317 e. The highest BCUT2D eigenvalue weighted by Crippen LogP contribution is 2.36. The summed E-state index contributed by atoms with van der Waals surface area (Å²) < 4.78 is 13.3. The van der Waals surface area contributed by atoms with Crippen LogP contribution in [-0.2, 0) is 10.8 Å². The van der Waals surface area contributed by atoms with E-state index in [-0.39, 0.29) is 5.25 Å². The van der Waals surface area contributed by atoms with Gasteiger partial charge in [0.2, 0.25) is 0 Å². The summed E-state index contributed by atoms with van der Waals surface area (Å²) in [6, 6.07) is 11.4. The number of aromatic amines is 1. The molecule has 4 rings (SSSR count). The molecule has 134 valence electrons. The van der Waals surface area contributed by atoms with Gasteiger partial charge >= 0.3 is 0 Å². The molecule has 0 amide bonds. The molecule has 1 aromatic carbocycles. The second-order valence-electron chi connectivity index (χ2n) is 6.27. The van der Waals surface area contributed by atoms with E-state index in [9.17, 15) is 4.21 Å². The molecule has 1 unspecified atom stereocenters. The summed E-state index contributed by atoms with van der Waals surface area (Å²) in [7, 11) is -1.14. The van der Waals surface area contributed by atoms with Crippen molar-refractivity contribution in [3.63, 3.8) is 0 Å². The molecule has 2 aromatic heterocycles. The number of halogens is 1. The number of piperidine rings is 1. The summed E-state index contributed by atoms with van der Waals surface area (Å²) in [5, 5.41) is 12.4. The molecule has 1 aliphatic heterocycles. The van der Waals surface area contributed by atoms with Crippen molar-refractivity contribution in [2.45, 2.75) is 23.1 Å². The van der Waals surface area contributed by atoms with Gasteiger partial charge in [0.25, 0.3) is 0 Å². The van der Waals surface area contributed by atoms with Crippen LogP contribution in [0.25, 0.3) is 22.4 Å². The van der Waals surface area contributed by atoms with Gasteiger partial charge in [0, 0.05) is 33.8 Å². The lowest BCUT2D eigenvalue weighted by molar-refractivity contribution is 0.519. The Bertz CT molecular complexity index is 905. The molecule has 0 bridgehead atoms. The third kappa shape index (κ3) is 3.45. The van der Waals surface area contributed by atoms with Crippen LogP contribution in [-0.4, -0.2) is 37.7 Å². The van der Waals surface area contributed by atoms with Crippen LogP contribution >= 0.6 is 11.6 Å². The third-order valence-corrected chi connectivity index (χ3v) is 6.64. The lowest BCUT2D eigenvalue weighted by Gasteiger charge is -2.21. The number of nitrogens with zero attached hydrogens (tertiary/aromatic N) is 2. The lowest BCUT2D eigenvalue weighted by Crippen LogP contribution is -2.33. The van der Waals surface area contributed by atoms with Gasteiger partial charge in [-0.15, -0.1) is 0 Å². The van der Waals surface area contributed by atoms with Crippen LogP contribution in [0.1, 0.15) is 12.8 Å². The minimum absolute atomic E-state index is 0.135. The molecule has 1 aliphatic rings. The van der Waals surface area contributed by atoms with E-state index < -0.39 is 10.8 Å². The summed E-state index contributed by atoms with van der Waals surface area (Å²) in [6.07, 6.45) is 5.28. The van der Waals surface area contributed by atoms with Crippen molar-refractivity contribution < 1.29 is 4.21 Å². The molecule has 1 fully saturated rings. The predicted molar refractivity (Wildman–Crippen MR) is 105 cm³/mol. The molecule has 3 heterocycles. The molecule has 0 aliphatic carbocycles. The number of pyridine rings is 1. The standard InChI is InChI=1S/C19H19ClN4OS/c20-15-3-1-14(2-4-15)18-17(13-5-9-21-10-6-13)19(24-23-18)26(25)16-7-11-22-12-8-16/h1-6,9-10,16,22H,7-8,11-12H2,(H,23,24). The molecule has 0 spiro atoms. The zero-order valence-electron chi connectivity index (χ0n) is 14.1. The zero-order valence-corrected chi connectivity index (χ0v) is 15.7. The third-order valence-electron chi connectivity index (χ3n) is 4.61. The first-order chi connectivity index (χ1) is 12.7. The molecular weight excluding hydrogens is 368 g/mol. The molecule has 7 heteroatoms. The fourth-order valence-corrected chi connectivity index (χ4v) is 4.93. The van der Waals surface area contributed by atoms with Crippen molar-refractivity contribution in [1.29, 1.82) is 0 Å². The summed E-state index contributed by atoms with van der Waals surface area (Å²) in [5.74, 6) is 0. The Morgan fingerprint density at radius 1 is 1.00 bits per heavy atom. The summed E-state index contributed by atoms with van der Waals surface area (Å²) >= 11 is 6.02. The normalized spacial score (nSPS) is 16.5. The van der Waals surface area contributed by atoms with Crippen LogP contribution < -0.4 is 5.32 Å². The quantitative estimate of drug-likeness (QED) is 0.718. The summed E-state index contributed by atoms with van der Waals surface area (Å²) in [4.78, 5) is 4.10. The van der Waals surface area contributed by atoms with E-state index in [0.29, 0.717) is 10.0 Å². The molecule has 1 atom stereocenters. The van der Waals surface area contributed by atoms with Crippen molar-refractivity contribution in [2.75, 3.05) is 13.1 Å². The number of aromatic nitrogens is 3. The van der Waals surface area contributed by atoms with Gasteiger partial charge in [0.05, 0.1) is 10.8 Å². The Morgan fingerprint density at radius 3 is 2.38 bits per heavy atom. The highest BCUT2D eigenvalue weighted by atomic mass is 35.5. The Kier molecular flexibility index (Phi) is 5.15. The van der Waals surface area contributed by atoms with Crippen molar-refractivity contribution in [3.8, 4) is 22.4 Å². The van der Waals surface area contributed by atoms with Crippen LogP contribution in [0.3, 0.4) is 0 Å². The number of hydrogen-bond donors (Lipinski definition) is 2. The van der Waals surface area contributed by atoms with Gasteiger partial charge in [0.1, 0.15) is 10.7 Å². The molecule has 2 N–H and O–H groups in total. The molecule has 1 saturated heterocycles. The maximum absolute atomic E-state index is 13.3. The maximum Gasteiger partial charge on any atom is 0.130 e. The van der Waals surface area contributed by atoms with Crippen molar-refractivity contribution >= 4 is 22.4 Å². The minimum Gasteiger partial charge on any atom is -0.317 e. The van der Waals surface area contributed by atoms with Crippen LogP contribution in [0.15, 0.2) is 53.8 Å². The van der Waals surface area contributed by atoms with Gasteiger partial charge in [-0.1, -0.05) is 23.7 Å². The van der Waals surface area contributed by atoms with E-state index in [2.05, 4.69) is 20.5 Å².